The molecule has 12 heteroatoms. The second-order valence-corrected chi connectivity index (χ2v) is 7.36. The molecule has 0 aliphatic carbocycles. The van der Waals surface area contributed by atoms with Gasteiger partial charge in [0, 0.05) is 12.3 Å². The predicted molar refractivity (Wildman–Crippen MR) is 116 cm³/mol. The van der Waals surface area contributed by atoms with E-state index in [-0.39, 0.29) is 18.2 Å². The largest absolute Gasteiger partial charge is 0.494 e. The van der Waals surface area contributed by atoms with Crippen LogP contribution in [0.25, 0.3) is 0 Å². The molecule has 2 heterocycles. The number of rotatable bonds is 9. The molecule has 0 atom stereocenters. The number of nitrogens with one attached hydrogen (secondary N) is 1. The molecular weight excluding hydrogens is 489 g/mol. The maximum absolute atomic E-state index is 13.9. The Bertz CT molecular complexity index is 1360. The minimum Gasteiger partial charge on any atom is -0.494 e. The van der Waals surface area contributed by atoms with Crippen LogP contribution >= 0.6 is 0 Å². The number of hydrogen-bond acceptors (Lipinski definition) is 5. The van der Waals surface area contributed by atoms with E-state index in [0.717, 1.165) is 4.68 Å². The number of carbonyl (C=O) groups excluding carboxylic acids is 1. The molecule has 0 aliphatic heterocycles. The molecule has 0 saturated heterocycles. The summed E-state index contributed by atoms with van der Waals surface area (Å²) in [6.45, 7) is 1.72. The highest BCUT2D eigenvalue weighted by atomic mass is 19.2. The van der Waals surface area contributed by atoms with Gasteiger partial charge < -0.3 is 19.2 Å². The second-order valence-electron chi connectivity index (χ2n) is 7.36. The van der Waals surface area contributed by atoms with Crippen molar-refractivity contribution < 1.29 is 40.6 Å². The van der Waals surface area contributed by atoms with Crippen LogP contribution in [0.1, 0.15) is 28.8 Å². The van der Waals surface area contributed by atoms with E-state index < -0.39 is 47.1 Å². The van der Waals surface area contributed by atoms with E-state index in [2.05, 4.69) is 10.4 Å². The molecule has 0 saturated carbocycles. The molecule has 7 nitrogen and oxygen atoms in total. The van der Waals surface area contributed by atoms with Gasteiger partial charge in [0.2, 0.25) is 5.82 Å². The number of furan rings is 1. The van der Waals surface area contributed by atoms with Crippen molar-refractivity contribution >= 4 is 11.7 Å². The lowest BCUT2D eigenvalue weighted by Gasteiger charge is -2.08. The van der Waals surface area contributed by atoms with Crippen molar-refractivity contribution in [2.24, 2.45) is 0 Å². The molecule has 0 bridgehead atoms. The summed E-state index contributed by atoms with van der Waals surface area (Å²) in [7, 11) is 0. The van der Waals surface area contributed by atoms with Gasteiger partial charge in [0.05, 0.1) is 18.7 Å². The third kappa shape index (κ3) is 5.32. The fourth-order valence-electron chi connectivity index (χ4n) is 3.18. The number of carbonyl (C=O) groups is 1. The monoisotopic (exact) mass is 507 g/mol. The first-order valence-electron chi connectivity index (χ1n) is 10.6. The van der Waals surface area contributed by atoms with Crippen molar-refractivity contribution in [1.82, 2.24) is 9.78 Å². The Kier molecular flexibility index (Phi) is 7.23. The molecule has 1 N–H and O–H groups in total. The van der Waals surface area contributed by atoms with Gasteiger partial charge in [0.15, 0.2) is 34.8 Å². The zero-order valence-electron chi connectivity index (χ0n) is 18.7. The quantitative estimate of drug-likeness (QED) is 0.185. The molecular formula is C24H18F5N3O4. The fourth-order valence-corrected chi connectivity index (χ4v) is 3.18. The summed E-state index contributed by atoms with van der Waals surface area (Å²) in [4.78, 5) is 12.4. The van der Waals surface area contributed by atoms with Crippen LogP contribution in [-0.2, 0) is 13.2 Å². The molecule has 4 rings (SSSR count). The zero-order chi connectivity index (χ0) is 25.8. The molecule has 0 radical (unpaired) electrons. The Morgan fingerprint density at radius 2 is 1.50 bits per heavy atom. The molecule has 0 fully saturated rings. The molecule has 0 unspecified atom stereocenters. The van der Waals surface area contributed by atoms with Gasteiger partial charge in [-0.3, -0.25) is 9.48 Å². The van der Waals surface area contributed by atoms with E-state index in [1.165, 1.54) is 18.3 Å². The maximum Gasteiger partial charge on any atom is 0.292 e. The average molecular weight is 507 g/mol. The second kappa shape index (κ2) is 10.5. The third-order valence-electron chi connectivity index (χ3n) is 4.90. The summed E-state index contributed by atoms with van der Waals surface area (Å²) >= 11 is 0. The molecule has 1 amide bonds. The lowest BCUT2D eigenvalue weighted by molar-refractivity contribution is 0.0992. The van der Waals surface area contributed by atoms with Crippen LogP contribution in [0.5, 0.6) is 11.5 Å². The molecule has 0 spiro atoms. The standard InChI is InChI=1S/C24H18F5N3O4/c1-2-34-13-3-5-14(6-4-13)35-12-15-7-8-17(36-15)24(33)30-18-9-10-32(31-18)11-16-19(25)21(27)23(29)22(28)20(16)26/h3-10H,2,11-12H2,1H3,(H,30,31,33). The highest BCUT2D eigenvalue weighted by molar-refractivity contribution is 6.01. The van der Waals surface area contributed by atoms with E-state index in [9.17, 15) is 26.7 Å². The van der Waals surface area contributed by atoms with E-state index >= 15 is 0 Å². The van der Waals surface area contributed by atoms with Crippen molar-refractivity contribution in [1.29, 1.82) is 0 Å². The van der Waals surface area contributed by atoms with Gasteiger partial charge in [-0.15, -0.1) is 0 Å². The van der Waals surface area contributed by atoms with E-state index in [0.29, 0.717) is 23.9 Å². The van der Waals surface area contributed by atoms with Crippen LogP contribution in [0.3, 0.4) is 0 Å². The number of benzene rings is 2. The van der Waals surface area contributed by atoms with Gasteiger partial charge in [0.25, 0.3) is 5.91 Å². The lowest BCUT2D eigenvalue weighted by atomic mass is 10.1. The number of aromatic nitrogens is 2. The Morgan fingerprint density at radius 1 is 0.889 bits per heavy atom. The lowest BCUT2D eigenvalue weighted by Crippen LogP contribution is -2.13. The molecule has 4 aromatic rings. The van der Waals surface area contributed by atoms with Crippen LogP contribution in [0.4, 0.5) is 27.8 Å². The summed E-state index contributed by atoms with van der Waals surface area (Å²) < 4.78 is 85.1. The van der Waals surface area contributed by atoms with Crippen molar-refractivity contribution in [2.45, 2.75) is 20.1 Å². The normalized spacial score (nSPS) is 10.9. The smallest absolute Gasteiger partial charge is 0.292 e. The Morgan fingerprint density at radius 3 is 2.14 bits per heavy atom. The molecule has 36 heavy (non-hydrogen) atoms. The number of amides is 1. The maximum atomic E-state index is 13.9. The number of halogens is 5. The SMILES string of the molecule is CCOc1ccc(OCc2ccc(C(=O)Nc3ccn(Cc4c(F)c(F)c(F)c(F)c4F)n3)o2)cc1. The van der Waals surface area contributed by atoms with Gasteiger partial charge in [0.1, 0.15) is 23.9 Å². The van der Waals surface area contributed by atoms with Gasteiger partial charge in [-0.2, -0.15) is 5.10 Å². The Labute approximate surface area is 201 Å². The van der Waals surface area contributed by atoms with Gasteiger partial charge in [-0.25, -0.2) is 22.0 Å². The first-order chi connectivity index (χ1) is 17.3. The van der Waals surface area contributed by atoms with Crippen LogP contribution in [0.15, 0.2) is 53.1 Å². The van der Waals surface area contributed by atoms with Crippen LogP contribution in [-0.4, -0.2) is 22.3 Å². The topological polar surface area (TPSA) is 78.5 Å². The first-order valence-corrected chi connectivity index (χ1v) is 10.6. The highest BCUT2D eigenvalue weighted by Gasteiger charge is 2.26. The molecule has 0 aliphatic rings. The van der Waals surface area contributed by atoms with Gasteiger partial charge >= 0.3 is 0 Å². The minimum absolute atomic E-state index is 0.0348. The fraction of sp³-hybridized carbons (Fsp3) is 0.167. The summed E-state index contributed by atoms with van der Waals surface area (Å²) in [5.41, 5.74) is -1.06. The summed E-state index contributed by atoms with van der Waals surface area (Å²) in [5, 5.41) is 6.29. The van der Waals surface area contributed by atoms with Crippen LogP contribution < -0.4 is 14.8 Å². The van der Waals surface area contributed by atoms with E-state index in [1.807, 2.05) is 6.92 Å². The van der Waals surface area contributed by atoms with E-state index in [4.69, 9.17) is 13.9 Å². The zero-order valence-corrected chi connectivity index (χ0v) is 18.7. The number of ether oxygens (including phenoxy) is 2. The third-order valence-corrected chi connectivity index (χ3v) is 4.90. The van der Waals surface area contributed by atoms with Crippen molar-refractivity contribution in [3.05, 3.63) is 94.8 Å². The first kappa shape index (κ1) is 24.8. The van der Waals surface area contributed by atoms with Crippen LogP contribution in [0, 0.1) is 29.1 Å². The summed E-state index contributed by atoms with van der Waals surface area (Å²) in [6.07, 6.45) is 1.20. The molecule has 188 valence electrons. The number of hydrogen-bond donors (Lipinski definition) is 1. The highest BCUT2D eigenvalue weighted by Crippen LogP contribution is 2.24. The van der Waals surface area contributed by atoms with Crippen molar-refractivity contribution in [3.8, 4) is 11.5 Å². The molecule has 2 aromatic heterocycles. The number of nitrogens with zero attached hydrogens (tertiary/aromatic N) is 2. The van der Waals surface area contributed by atoms with Gasteiger partial charge in [-0.1, -0.05) is 0 Å². The molecule has 2 aromatic carbocycles. The summed E-state index contributed by atoms with van der Waals surface area (Å²) in [5.74, 6) is -9.39. The average Bonchev–Trinajstić information content (AvgIpc) is 3.53. The van der Waals surface area contributed by atoms with Crippen LogP contribution in [0.2, 0.25) is 0 Å². The summed E-state index contributed by atoms with van der Waals surface area (Å²) in [6, 6.07) is 11.2. The van der Waals surface area contributed by atoms with Gasteiger partial charge in [-0.05, 0) is 43.3 Å². The number of anilines is 1. The van der Waals surface area contributed by atoms with Crippen molar-refractivity contribution in [3.63, 3.8) is 0 Å². The van der Waals surface area contributed by atoms with Crippen molar-refractivity contribution in [2.75, 3.05) is 11.9 Å². The minimum atomic E-state index is -2.25. The van der Waals surface area contributed by atoms with E-state index in [1.54, 1.807) is 30.3 Å². The Balaban J connectivity index is 1.36. The Hall–Kier alpha value is -4.35. The predicted octanol–water partition coefficient (Wildman–Crippen LogP) is 5.45.